The predicted octanol–water partition coefficient (Wildman–Crippen LogP) is 2.51. The van der Waals surface area contributed by atoms with Crippen molar-refractivity contribution in [3.8, 4) is 0 Å². The van der Waals surface area contributed by atoms with Crippen molar-refractivity contribution in [1.29, 1.82) is 0 Å². The molecule has 1 aliphatic rings. The molecule has 5 nitrogen and oxygen atoms in total. The number of carboxylic acid groups (broad SMARTS) is 1. The van der Waals surface area contributed by atoms with Crippen molar-refractivity contribution in [2.45, 2.75) is 39.5 Å². The molecule has 1 aliphatic heterocycles. The van der Waals surface area contributed by atoms with Gasteiger partial charge in [0.1, 0.15) is 5.60 Å². The van der Waals surface area contributed by atoms with E-state index in [-0.39, 0.29) is 6.54 Å². The van der Waals surface area contributed by atoms with Crippen molar-refractivity contribution < 1.29 is 32.6 Å². The Morgan fingerprint density at radius 3 is 2.10 bits per heavy atom. The highest BCUT2D eigenvalue weighted by Gasteiger charge is 2.68. The zero-order chi connectivity index (χ0) is 15.9. The Kier molecular flexibility index (Phi) is 4.00. The number of likely N-dealkylation sites (tertiary alicyclic amines) is 1. The van der Waals surface area contributed by atoms with Crippen molar-refractivity contribution in [3.63, 3.8) is 0 Å². The Hall–Kier alpha value is -1.47. The van der Waals surface area contributed by atoms with Gasteiger partial charge in [0.15, 0.2) is 5.41 Å². The molecular weight excluding hydrogens is 279 g/mol. The number of carbonyl (C=O) groups is 2. The molecule has 0 aromatic heterocycles. The number of ether oxygens (including phenoxy) is 1. The zero-order valence-electron chi connectivity index (χ0n) is 11.7. The number of halogens is 3. The normalized spacial score (nSPS) is 27.6. The van der Waals surface area contributed by atoms with Crippen LogP contribution in [0.2, 0.25) is 0 Å². The summed E-state index contributed by atoms with van der Waals surface area (Å²) < 4.78 is 44.4. The Morgan fingerprint density at radius 1 is 1.30 bits per heavy atom. The van der Waals surface area contributed by atoms with Gasteiger partial charge in [0.25, 0.3) is 0 Å². The molecule has 1 amide bonds. The van der Waals surface area contributed by atoms with Gasteiger partial charge in [0, 0.05) is 19.0 Å². The maximum absolute atomic E-state index is 13.1. The van der Waals surface area contributed by atoms with Gasteiger partial charge in [-0.15, -0.1) is 0 Å². The summed E-state index contributed by atoms with van der Waals surface area (Å²) in [5.41, 5.74) is -3.79. The summed E-state index contributed by atoms with van der Waals surface area (Å²) in [6.07, 6.45) is -5.87. The maximum atomic E-state index is 13.1. The molecule has 0 aliphatic carbocycles. The Balaban J connectivity index is 3.01. The first-order chi connectivity index (χ1) is 8.81. The molecule has 1 N–H and O–H groups in total. The quantitative estimate of drug-likeness (QED) is 0.807. The number of amides is 1. The predicted molar refractivity (Wildman–Crippen MR) is 63.1 cm³/mol. The Morgan fingerprint density at radius 2 is 1.80 bits per heavy atom. The van der Waals surface area contributed by atoms with E-state index in [1.54, 1.807) is 20.8 Å². The van der Waals surface area contributed by atoms with E-state index in [1.165, 1.54) is 6.92 Å². The third kappa shape index (κ3) is 2.83. The average molecular weight is 297 g/mol. The second-order valence-electron chi connectivity index (χ2n) is 6.04. The summed E-state index contributed by atoms with van der Waals surface area (Å²) in [6, 6.07) is 0. The highest BCUT2D eigenvalue weighted by atomic mass is 19.4. The molecule has 20 heavy (non-hydrogen) atoms. The largest absolute Gasteiger partial charge is 0.481 e. The van der Waals surface area contributed by atoms with Crippen LogP contribution >= 0.6 is 0 Å². The second-order valence-corrected chi connectivity index (χ2v) is 6.04. The van der Waals surface area contributed by atoms with Crippen molar-refractivity contribution in [3.05, 3.63) is 0 Å². The molecule has 1 saturated heterocycles. The van der Waals surface area contributed by atoms with Crippen molar-refractivity contribution in [2.24, 2.45) is 11.3 Å². The summed E-state index contributed by atoms with van der Waals surface area (Å²) >= 11 is 0. The molecule has 0 spiro atoms. The van der Waals surface area contributed by atoms with E-state index in [1.807, 2.05) is 0 Å². The number of carboxylic acids is 1. The summed E-state index contributed by atoms with van der Waals surface area (Å²) in [6.45, 7) is 4.68. The van der Waals surface area contributed by atoms with Crippen LogP contribution in [0.5, 0.6) is 0 Å². The lowest BCUT2D eigenvalue weighted by Crippen LogP contribution is -2.51. The first-order valence-corrected chi connectivity index (χ1v) is 6.09. The molecule has 1 heterocycles. The van der Waals surface area contributed by atoms with Gasteiger partial charge in [-0.25, -0.2) is 4.79 Å². The summed E-state index contributed by atoms with van der Waals surface area (Å²) in [5, 5.41) is 9.00. The van der Waals surface area contributed by atoms with Crippen LogP contribution in [0, 0.1) is 11.3 Å². The molecule has 8 heteroatoms. The van der Waals surface area contributed by atoms with E-state index < -0.39 is 41.7 Å². The maximum Gasteiger partial charge on any atom is 0.410 e. The van der Waals surface area contributed by atoms with Crippen LogP contribution in [0.3, 0.4) is 0 Å². The third-order valence-corrected chi connectivity index (χ3v) is 3.31. The van der Waals surface area contributed by atoms with Gasteiger partial charge in [0.05, 0.1) is 0 Å². The van der Waals surface area contributed by atoms with Crippen molar-refractivity contribution >= 4 is 12.1 Å². The van der Waals surface area contributed by atoms with Crippen LogP contribution in [0.25, 0.3) is 0 Å². The van der Waals surface area contributed by atoms with Crippen molar-refractivity contribution in [2.75, 3.05) is 13.1 Å². The first-order valence-electron chi connectivity index (χ1n) is 6.09. The molecule has 1 fully saturated rings. The fraction of sp³-hybridized carbons (Fsp3) is 0.833. The second kappa shape index (κ2) is 4.82. The molecule has 0 aromatic rings. The number of aliphatic carboxylic acids is 1. The summed E-state index contributed by atoms with van der Waals surface area (Å²) in [7, 11) is 0. The topological polar surface area (TPSA) is 66.8 Å². The smallest absolute Gasteiger partial charge is 0.410 e. The minimum absolute atomic E-state index is 0.305. The molecule has 0 saturated carbocycles. The molecule has 0 radical (unpaired) electrons. The number of hydrogen-bond acceptors (Lipinski definition) is 3. The number of hydrogen-bond donors (Lipinski definition) is 1. The van der Waals surface area contributed by atoms with Gasteiger partial charge >= 0.3 is 18.2 Å². The number of nitrogens with zero attached hydrogens (tertiary/aromatic N) is 1. The van der Waals surface area contributed by atoms with Crippen LogP contribution in [0.1, 0.15) is 27.7 Å². The van der Waals surface area contributed by atoms with Crippen LogP contribution in [0.15, 0.2) is 0 Å². The zero-order valence-corrected chi connectivity index (χ0v) is 11.7. The molecule has 1 rings (SSSR count). The lowest BCUT2D eigenvalue weighted by molar-refractivity contribution is -0.236. The number of rotatable bonds is 1. The van der Waals surface area contributed by atoms with E-state index in [9.17, 15) is 22.8 Å². The van der Waals surface area contributed by atoms with Crippen LogP contribution in [-0.2, 0) is 9.53 Å². The van der Waals surface area contributed by atoms with E-state index in [0.29, 0.717) is 0 Å². The molecule has 0 unspecified atom stereocenters. The Labute approximate surface area is 114 Å². The molecule has 116 valence electrons. The fourth-order valence-corrected chi connectivity index (χ4v) is 2.24. The molecular formula is C12H18F3NO4. The number of alkyl halides is 3. The first kappa shape index (κ1) is 16.6. The summed E-state index contributed by atoms with van der Waals surface area (Å²) in [4.78, 5) is 23.7. The van der Waals surface area contributed by atoms with Crippen molar-refractivity contribution in [1.82, 2.24) is 4.90 Å². The highest BCUT2D eigenvalue weighted by Crippen LogP contribution is 2.49. The minimum atomic E-state index is -4.94. The van der Waals surface area contributed by atoms with Gasteiger partial charge in [-0.2, -0.15) is 13.2 Å². The molecule has 0 bridgehead atoms. The average Bonchev–Trinajstić information content (AvgIpc) is 2.53. The number of carbonyl (C=O) groups excluding carboxylic acids is 1. The SMILES string of the molecule is C[C@H]1CN(C(=O)OC(C)(C)C)C[C@]1(C(=O)O)C(F)(F)F. The minimum Gasteiger partial charge on any atom is -0.481 e. The van der Waals surface area contributed by atoms with E-state index >= 15 is 0 Å². The standard InChI is InChI=1S/C12H18F3NO4/c1-7-5-16(9(19)20-10(2,3)4)6-11(7,8(17)18)12(13,14)15/h7H,5-6H2,1-4H3,(H,17,18)/t7-,11-/m0/s1. The molecule has 0 aromatic carbocycles. The van der Waals surface area contributed by atoms with Crippen LogP contribution in [-0.4, -0.2) is 46.9 Å². The lowest BCUT2D eigenvalue weighted by Gasteiger charge is -2.30. The lowest BCUT2D eigenvalue weighted by atomic mass is 9.78. The van der Waals surface area contributed by atoms with Crippen LogP contribution < -0.4 is 0 Å². The van der Waals surface area contributed by atoms with E-state index in [4.69, 9.17) is 9.84 Å². The van der Waals surface area contributed by atoms with Gasteiger partial charge in [-0.3, -0.25) is 4.79 Å². The van der Waals surface area contributed by atoms with Gasteiger partial charge in [0.2, 0.25) is 0 Å². The Bertz CT molecular complexity index is 416. The van der Waals surface area contributed by atoms with E-state index in [0.717, 1.165) is 4.90 Å². The van der Waals surface area contributed by atoms with E-state index in [2.05, 4.69) is 0 Å². The summed E-state index contributed by atoms with van der Waals surface area (Å²) in [5.74, 6) is -3.21. The van der Waals surface area contributed by atoms with Crippen LogP contribution in [0.4, 0.5) is 18.0 Å². The van der Waals surface area contributed by atoms with Gasteiger partial charge in [-0.1, -0.05) is 6.92 Å². The monoisotopic (exact) mass is 297 g/mol. The highest BCUT2D eigenvalue weighted by molar-refractivity contribution is 5.79. The fourth-order valence-electron chi connectivity index (χ4n) is 2.24. The molecule has 2 atom stereocenters. The van der Waals surface area contributed by atoms with Gasteiger partial charge < -0.3 is 14.7 Å². The van der Waals surface area contributed by atoms with Gasteiger partial charge in [-0.05, 0) is 20.8 Å². The third-order valence-electron chi connectivity index (χ3n) is 3.31.